The van der Waals surface area contributed by atoms with Crippen LogP contribution in [0.3, 0.4) is 0 Å². The fourth-order valence-electron chi connectivity index (χ4n) is 4.05. The highest BCUT2D eigenvalue weighted by Crippen LogP contribution is 2.34. The molecule has 1 aliphatic rings. The molecule has 35 heavy (non-hydrogen) atoms. The lowest BCUT2D eigenvalue weighted by Gasteiger charge is -2.19. The van der Waals surface area contributed by atoms with E-state index in [0.717, 1.165) is 39.2 Å². The molecule has 4 aromatic rings. The molecular weight excluding hydrogens is 442 g/mol. The molecule has 0 atom stereocenters. The van der Waals surface area contributed by atoms with Crippen molar-refractivity contribution in [2.45, 2.75) is 13.0 Å². The van der Waals surface area contributed by atoms with Gasteiger partial charge in [0.15, 0.2) is 5.82 Å². The number of amides is 2. The van der Waals surface area contributed by atoms with Crippen LogP contribution < -0.4 is 26.6 Å². The summed E-state index contributed by atoms with van der Waals surface area (Å²) in [5.74, 6) is 0.127. The molecule has 0 radical (unpaired) electrons. The largest absolute Gasteiger partial charge is 0.370 e. The third-order valence-corrected chi connectivity index (χ3v) is 5.85. The predicted molar refractivity (Wildman–Crippen MR) is 135 cm³/mol. The lowest BCUT2D eigenvalue weighted by Crippen LogP contribution is -2.41. The summed E-state index contributed by atoms with van der Waals surface area (Å²) in [6.45, 7) is 0.843. The van der Waals surface area contributed by atoms with E-state index in [-0.39, 0.29) is 18.9 Å². The molecule has 0 bridgehead atoms. The minimum absolute atomic E-state index is 0.109. The number of nitrogens with two attached hydrogens (primary N) is 1. The SMILES string of the molecule is CN1NN(Cc2ccc3ncccc3c2)c2nc(-c3ccc(C(=O)NCCC(N)=O)cc3)ccc21. The Labute approximate surface area is 202 Å². The van der Waals surface area contributed by atoms with Crippen molar-refractivity contribution in [1.29, 1.82) is 0 Å². The maximum Gasteiger partial charge on any atom is 0.251 e. The molecule has 0 saturated carbocycles. The topological polar surface area (TPSA) is 116 Å². The average molecular weight is 468 g/mol. The van der Waals surface area contributed by atoms with Gasteiger partial charge in [-0.05, 0) is 48.0 Å². The number of benzene rings is 2. The molecule has 3 heterocycles. The minimum atomic E-state index is -0.449. The molecule has 2 amide bonds. The van der Waals surface area contributed by atoms with Gasteiger partial charge < -0.3 is 11.1 Å². The summed E-state index contributed by atoms with van der Waals surface area (Å²) >= 11 is 0. The van der Waals surface area contributed by atoms with Crippen molar-refractivity contribution in [1.82, 2.24) is 20.8 Å². The van der Waals surface area contributed by atoms with E-state index in [4.69, 9.17) is 10.7 Å². The molecule has 2 aromatic carbocycles. The fraction of sp³-hybridized carbons (Fsp3) is 0.154. The standard InChI is InChI=1S/C26H25N7O2/c1-32-23-11-10-22(18-5-7-19(8-6-18)26(35)29-14-12-24(27)34)30-25(23)33(31-32)16-17-4-9-21-20(15-17)3-2-13-28-21/h2-11,13,15,31H,12,14,16H2,1H3,(H2,27,34)(H,29,35). The third kappa shape index (κ3) is 4.75. The monoisotopic (exact) mass is 467 g/mol. The molecule has 0 fully saturated rings. The number of carbonyl (C=O) groups excluding carboxylic acids is 2. The van der Waals surface area contributed by atoms with Crippen LogP contribution in [0.2, 0.25) is 0 Å². The van der Waals surface area contributed by atoms with Gasteiger partial charge in [0.2, 0.25) is 5.91 Å². The normalized spacial score (nSPS) is 12.6. The number of hydrazine groups is 2. The van der Waals surface area contributed by atoms with Crippen LogP contribution in [0.1, 0.15) is 22.3 Å². The van der Waals surface area contributed by atoms with Gasteiger partial charge in [0.1, 0.15) is 0 Å². The smallest absolute Gasteiger partial charge is 0.251 e. The molecule has 0 saturated heterocycles. The maximum absolute atomic E-state index is 12.3. The van der Waals surface area contributed by atoms with E-state index in [1.54, 1.807) is 18.3 Å². The summed E-state index contributed by atoms with van der Waals surface area (Å²) in [6, 6.07) is 21.4. The quantitative estimate of drug-likeness (QED) is 0.383. The van der Waals surface area contributed by atoms with E-state index in [1.165, 1.54) is 0 Å². The number of fused-ring (bicyclic) bond motifs is 2. The zero-order valence-corrected chi connectivity index (χ0v) is 19.2. The highest BCUT2D eigenvalue weighted by Gasteiger charge is 2.25. The van der Waals surface area contributed by atoms with E-state index < -0.39 is 5.91 Å². The summed E-state index contributed by atoms with van der Waals surface area (Å²) in [5, 5.41) is 7.73. The number of anilines is 2. The molecule has 0 spiro atoms. The summed E-state index contributed by atoms with van der Waals surface area (Å²) in [4.78, 5) is 32.4. The van der Waals surface area contributed by atoms with Crippen LogP contribution in [0.15, 0.2) is 72.9 Å². The lowest BCUT2D eigenvalue weighted by molar-refractivity contribution is -0.117. The van der Waals surface area contributed by atoms with Crippen LogP contribution in [0.4, 0.5) is 11.5 Å². The van der Waals surface area contributed by atoms with Crippen molar-refractivity contribution in [2.24, 2.45) is 5.73 Å². The molecule has 2 aromatic heterocycles. The van der Waals surface area contributed by atoms with Crippen molar-refractivity contribution in [3.8, 4) is 11.3 Å². The molecule has 0 aliphatic carbocycles. The minimum Gasteiger partial charge on any atom is -0.370 e. The number of pyridine rings is 2. The van der Waals surface area contributed by atoms with Crippen molar-refractivity contribution < 1.29 is 9.59 Å². The Morgan fingerprint density at radius 2 is 1.89 bits per heavy atom. The van der Waals surface area contributed by atoms with Gasteiger partial charge in [-0.1, -0.05) is 24.3 Å². The molecule has 1 aliphatic heterocycles. The van der Waals surface area contributed by atoms with Crippen LogP contribution >= 0.6 is 0 Å². The molecule has 0 unspecified atom stereocenters. The summed E-state index contributed by atoms with van der Waals surface area (Å²) in [5.41, 5.74) is 13.7. The highest BCUT2D eigenvalue weighted by atomic mass is 16.2. The molecule has 176 valence electrons. The van der Waals surface area contributed by atoms with Crippen molar-refractivity contribution in [3.05, 3.63) is 84.1 Å². The van der Waals surface area contributed by atoms with Gasteiger partial charge in [-0.3, -0.25) is 24.6 Å². The Hall–Kier alpha value is -4.50. The Morgan fingerprint density at radius 3 is 2.69 bits per heavy atom. The second-order valence-corrected chi connectivity index (χ2v) is 8.36. The first-order valence-electron chi connectivity index (χ1n) is 11.3. The van der Waals surface area contributed by atoms with Crippen molar-refractivity contribution >= 4 is 34.2 Å². The van der Waals surface area contributed by atoms with Crippen LogP contribution in [-0.4, -0.2) is 35.4 Å². The third-order valence-electron chi connectivity index (χ3n) is 5.85. The van der Waals surface area contributed by atoms with E-state index in [2.05, 4.69) is 34.0 Å². The molecule has 9 nitrogen and oxygen atoms in total. The zero-order valence-electron chi connectivity index (χ0n) is 19.2. The fourth-order valence-corrected chi connectivity index (χ4v) is 4.05. The van der Waals surface area contributed by atoms with Crippen molar-refractivity contribution in [2.75, 3.05) is 23.6 Å². The molecule has 5 rings (SSSR count). The number of carbonyl (C=O) groups is 2. The Morgan fingerprint density at radius 1 is 1.06 bits per heavy atom. The van der Waals surface area contributed by atoms with Gasteiger partial charge in [0.05, 0.1) is 23.4 Å². The molecule has 9 heteroatoms. The summed E-state index contributed by atoms with van der Waals surface area (Å²) in [7, 11) is 1.95. The van der Waals surface area contributed by atoms with E-state index in [0.29, 0.717) is 12.1 Å². The number of nitrogens with one attached hydrogen (secondary N) is 2. The predicted octanol–water partition coefficient (Wildman–Crippen LogP) is 2.78. The number of aromatic nitrogens is 2. The number of primary amides is 1. The van der Waals surface area contributed by atoms with Crippen LogP contribution in [0, 0.1) is 0 Å². The van der Waals surface area contributed by atoms with Gasteiger partial charge in [0, 0.05) is 42.7 Å². The van der Waals surface area contributed by atoms with E-state index >= 15 is 0 Å². The van der Waals surface area contributed by atoms with Gasteiger partial charge in [-0.2, -0.15) is 0 Å². The van der Waals surface area contributed by atoms with Gasteiger partial charge in [-0.25, -0.2) is 4.98 Å². The van der Waals surface area contributed by atoms with Crippen LogP contribution in [-0.2, 0) is 11.3 Å². The number of rotatable bonds is 7. The Kier molecular flexibility index (Phi) is 5.99. The lowest BCUT2D eigenvalue weighted by atomic mass is 10.1. The summed E-state index contributed by atoms with van der Waals surface area (Å²) in [6.07, 6.45) is 1.90. The van der Waals surface area contributed by atoms with Gasteiger partial charge in [0.25, 0.3) is 5.91 Å². The number of hydrogen-bond acceptors (Lipinski definition) is 7. The highest BCUT2D eigenvalue weighted by molar-refractivity contribution is 5.95. The van der Waals surface area contributed by atoms with E-state index in [9.17, 15) is 9.59 Å². The second kappa shape index (κ2) is 9.40. The number of nitrogens with zero attached hydrogens (tertiary/aromatic N) is 4. The van der Waals surface area contributed by atoms with Gasteiger partial charge in [-0.15, -0.1) is 5.53 Å². The number of hydrogen-bond donors (Lipinski definition) is 3. The summed E-state index contributed by atoms with van der Waals surface area (Å²) < 4.78 is 0. The first-order chi connectivity index (χ1) is 17.0. The van der Waals surface area contributed by atoms with Gasteiger partial charge >= 0.3 is 0 Å². The Bertz CT molecular complexity index is 1400. The first-order valence-corrected chi connectivity index (χ1v) is 11.3. The Balaban J connectivity index is 1.35. The zero-order chi connectivity index (χ0) is 24.4. The molecule has 4 N–H and O–H groups in total. The van der Waals surface area contributed by atoms with Crippen LogP contribution in [0.5, 0.6) is 0 Å². The van der Waals surface area contributed by atoms with Crippen molar-refractivity contribution in [3.63, 3.8) is 0 Å². The van der Waals surface area contributed by atoms with E-state index in [1.807, 2.05) is 53.5 Å². The maximum atomic E-state index is 12.3. The first kappa shape index (κ1) is 22.3. The van der Waals surface area contributed by atoms with Crippen LogP contribution in [0.25, 0.3) is 22.2 Å². The average Bonchev–Trinajstić information content (AvgIpc) is 3.18. The second-order valence-electron chi connectivity index (χ2n) is 8.36. The molecular formula is C26H25N7O2.